The molecule has 0 radical (unpaired) electrons. The van der Waals surface area contributed by atoms with Gasteiger partial charge in [0.05, 0.1) is 6.20 Å². The van der Waals surface area contributed by atoms with Crippen molar-refractivity contribution in [2.45, 2.75) is 72.4 Å². The molecule has 1 N–H and O–H groups in total. The van der Waals surface area contributed by atoms with Crippen LogP contribution in [0.3, 0.4) is 0 Å². The maximum absolute atomic E-state index is 13.7. The third-order valence-electron chi connectivity index (χ3n) is 7.52. The molecule has 1 aromatic carbocycles. The largest absolute Gasteiger partial charge is 0.458 e. The molecule has 12 nitrogen and oxygen atoms in total. The first kappa shape index (κ1) is 34.1. The number of esters is 1. The molecule has 1 aliphatic heterocycles. The number of hydrogen-bond acceptors (Lipinski definition) is 10. The van der Waals surface area contributed by atoms with Gasteiger partial charge in [0.25, 0.3) is 5.91 Å². The number of anilines is 3. The molecule has 0 spiro atoms. The van der Waals surface area contributed by atoms with Gasteiger partial charge in [0.1, 0.15) is 23.1 Å². The second-order valence-corrected chi connectivity index (χ2v) is 12.0. The minimum atomic E-state index is -0.870. The Morgan fingerprint density at radius 3 is 2.20 bits per heavy atom. The second kappa shape index (κ2) is 15.5. The minimum Gasteiger partial charge on any atom is -0.458 e. The van der Waals surface area contributed by atoms with Crippen LogP contribution < -0.4 is 19.9 Å². The van der Waals surface area contributed by atoms with E-state index < -0.39 is 17.6 Å². The fourth-order valence-corrected chi connectivity index (χ4v) is 5.13. The molecule has 3 aromatic rings. The zero-order valence-corrected chi connectivity index (χ0v) is 27.7. The van der Waals surface area contributed by atoms with E-state index in [0.29, 0.717) is 61.5 Å². The summed E-state index contributed by atoms with van der Waals surface area (Å²) in [5, 5.41) is 3.32. The molecule has 0 aliphatic carbocycles. The summed E-state index contributed by atoms with van der Waals surface area (Å²) in [6.07, 6.45) is 6.58. The Labute approximate surface area is 271 Å². The van der Waals surface area contributed by atoms with E-state index in [1.807, 2.05) is 58.6 Å². The number of carbonyl (C=O) groups excluding carboxylic acids is 3. The fraction of sp³-hybridized carbons (Fsp3) is 0.471. The van der Waals surface area contributed by atoms with Gasteiger partial charge in [0.2, 0.25) is 5.95 Å². The van der Waals surface area contributed by atoms with E-state index in [1.165, 1.54) is 0 Å². The van der Waals surface area contributed by atoms with E-state index in [2.05, 4.69) is 15.3 Å². The predicted octanol–water partition coefficient (Wildman–Crippen LogP) is 5.34. The van der Waals surface area contributed by atoms with Gasteiger partial charge in [0, 0.05) is 57.1 Å². The number of benzene rings is 1. The van der Waals surface area contributed by atoms with Crippen molar-refractivity contribution in [3.8, 4) is 5.75 Å². The molecular formula is C34H45N7O5. The van der Waals surface area contributed by atoms with E-state index in [9.17, 15) is 14.4 Å². The molecule has 0 bridgehead atoms. The van der Waals surface area contributed by atoms with Crippen LogP contribution in [0, 0.1) is 0 Å². The molecule has 46 heavy (non-hydrogen) atoms. The van der Waals surface area contributed by atoms with Crippen LogP contribution >= 0.6 is 0 Å². The highest BCUT2D eigenvalue weighted by Crippen LogP contribution is 2.29. The standard InChI is InChI=1S/C34H45N7O5/c1-7-39(8-2)32-36-23-28(41(9-3)30(42)25-16-18-35-19-17-25)29(38-32)37-27(31(43)46-34(4,5)6)22-24-12-14-26(15-13-24)45-33(44)40-20-10-11-21-40/h12-19,23,27H,7-11,20-22H2,1-6H3,(H,36,37,38)/t27-/m0/s1. The number of ether oxygens (including phenoxy) is 2. The molecule has 1 aliphatic rings. The Morgan fingerprint density at radius 2 is 1.61 bits per heavy atom. The fourth-order valence-electron chi connectivity index (χ4n) is 5.13. The number of nitrogens with one attached hydrogen (secondary N) is 1. The SMILES string of the molecule is CCN(CC)c1ncc(N(CC)C(=O)c2ccncc2)c(N[C@@H](Cc2ccc(OC(=O)N3CCCC3)cc2)C(=O)OC(C)(C)C)n1. The van der Waals surface area contributed by atoms with Gasteiger partial charge in [-0.05, 0) is 84.2 Å². The minimum absolute atomic E-state index is 0.240. The van der Waals surface area contributed by atoms with E-state index >= 15 is 0 Å². The van der Waals surface area contributed by atoms with Crippen LogP contribution in [0.15, 0.2) is 55.0 Å². The van der Waals surface area contributed by atoms with Crippen LogP contribution in [0.5, 0.6) is 5.75 Å². The van der Waals surface area contributed by atoms with Crippen molar-refractivity contribution in [1.29, 1.82) is 0 Å². The molecule has 3 heterocycles. The van der Waals surface area contributed by atoms with Gasteiger partial charge in [-0.3, -0.25) is 9.78 Å². The average molecular weight is 632 g/mol. The maximum Gasteiger partial charge on any atom is 0.415 e. The van der Waals surface area contributed by atoms with E-state index in [-0.39, 0.29) is 18.4 Å². The van der Waals surface area contributed by atoms with Crippen molar-refractivity contribution >= 4 is 35.4 Å². The summed E-state index contributed by atoms with van der Waals surface area (Å²) in [5.41, 5.74) is 0.963. The Morgan fingerprint density at radius 1 is 0.957 bits per heavy atom. The Kier molecular flexibility index (Phi) is 11.5. The van der Waals surface area contributed by atoms with Crippen LogP contribution in [0.2, 0.25) is 0 Å². The van der Waals surface area contributed by atoms with Gasteiger partial charge in [-0.2, -0.15) is 4.98 Å². The van der Waals surface area contributed by atoms with Crippen LogP contribution in [-0.2, 0) is 16.0 Å². The van der Waals surface area contributed by atoms with E-state index in [1.54, 1.807) is 52.7 Å². The first-order valence-corrected chi connectivity index (χ1v) is 15.9. The highest BCUT2D eigenvalue weighted by molar-refractivity contribution is 6.07. The van der Waals surface area contributed by atoms with Gasteiger partial charge < -0.3 is 29.5 Å². The molecule has 0 unspecified atom stereocenters. The monoisotopic (exact) mass is 631 g/mol. The number of amides is 2. The second-order valence-electron chi connectivity index (χ2n) is 12.0. The van der Waals surface area contributed by atoms with E-state index in [0.717, 1.165) is 18.4 Å². The molecule has 12 heteroatoms. The number of pyridine rings is 1. The van der Waals surface area contributed by atoms with Crippen molar-refractivity contribution < 1.29 is 23.9 Å². The summed E-state index contributed by atoms with van der Waals surface area (Å²) < 4.78 is 11.4. The molecule has 1 saturated heterocycles. The third-order valence-corrected chi connectivity index (χ3v) is 7.52. The summed E-state index contributed by atoms with van der Waals surface area (Å²) in [5.74, 6) is 0.496. The van der Waals surface area contributed by atoms with Crippen molar-refractivity contribution in [3.63, 3.8) is 0 Å². The van der Waals surface area contributed by atoms with Crippen LogP contribution in [0.25, 0.3) is 0 Å². The summed E-state index contributed by atoms with van der Waals surface area (Å²) in [6.45, 7) is 14.4. The first-order chi connectivity index (χ1) is 22.0. The lowest BCUT2D eigenvalue weighted by atomic mass is 10.0. The summed E-state index contributed by atoms with van der Waals surface area (Å²) >= 11 is 0. The van der Waals surface area contributed by atoms with Crippen LogP contribution in [0.1, 0.15) is 70.3 Å². The van der Waals surface area contributed by atoms with Crippen LogP contribution in [0.4, 0.5) is 22.2 Å². The van der Waals surface area contributed by atoms with Crippen molar-refractivity contribution in [3.05, 3.63) is 66.1 Å². The Hall–Kier alpha value is -4.74. The molecule has 0 saturated carbocycles. The molecule has 2 aromatic heterocycles. The molecule has 2 amide bonds. The normalized spacial score (nSPS) is 13.6. The number of likely N-dealkylation sites (tertiary alicyclic amines) is 1. The smallest absolute Gasteiger partial charge is 0.415 e. The topological polar surface area (TPSA) is 130 Å². The lowest BCUT2D eigenvalue weighted by molar-refractivity contribution is -0.155. The molecular weight excluding hydrogens is 586 g/mol. The Bertz CT molecular complexity index is 1470. The summed E-state index contributed by atoms with van der Waals surface area (Å²) in [4.78, 5) is 58.4. The highest BCUT2D eigenvalue weighted by Gasteiger charge is 2.29. The maximum atomic E-state index is 13.7. The average Bonchev–Trinajstić information content (AvgIpc) is 3.58. The van der Waals surface area contributed by atoms with Gasteiger partial charge in [0.15, 0.2) is 5.82 Å². The number of rotatable bonds is 12. The van der Waals surface area contributed by atoms with E-state index in [4.69, 9.17) is 14.5 Å². The number of carbonyl (C=O) groups is 3. The van der Waals surface area contributed by atoms with Gasteiger partial charge >= 0.3 is 12.1 Å². The molecule has 4 rings (SSSR count). The van der Waals surface area contributed by atoms with Crippen LogP contribution in [-0.4, -0.2) is 82.2 Å². The van der Waals surface area contributed by atoms with Crippen molar-refractivity contribution in [2.75, 3.05) is 47.8 Å². The van der Waals surface area contributed by atoms with Crippen molar-refractivity contribution in [1.82, 2.24) is 19.9 Å². The number of hydrogen-bond donors (Lipinski definition) is 1. The molecule has 1 fully saturated rings. The lowest BCUT2D eigenvalue weighted by Gasteiger charge is -2.29. The molecule has 1 atom stereocenters. The van der Waals surface area contributed by atoms with Crippen molar-refractivity contribution in [2.24, 2.45) is 0 Å². The van der Waals surface area contributed by atoms with Gasteiger partial charge in [-0.15, -0.1) is 0 Å². The third kappa shape index (κ3) is 8.92. The highest BCUT2D eigenvalue weighted by atomic mass is 16.6. The summed E-state index contributed by atoms with van der Waals surface area (Å²) in [7, 11) is 0. The summed E-state index contributed by atoms with van der Waals surface area (Å²) in [6, 6.07) is 9.51. The number of aromatic nitrogens is 3. The molecule has 246 valence electrons. The zero-order chi connectivity index (χ0) is 33.3. The first-order valence-electron chi connectivity index (χ1n) is 15.9. The van der Waals surface area contributed by atoms with Gasteiger partial charge in [-0.25, -0.2) is 14.6 Å². The van der Waals surface area contributed by atoms with Gasteiger partial charge in [-0.1, -0.05) is 12.1 Å². The lowest BCUT2D eigenvalue weighted by Crippen LogP contribution is -2.39. The predicted molar refractivity (Wildman–Crippen MR) is 177 cm³/mol. The zero-order valence-electron chi connectivity index (χ0n) is 27.7. The number of nitrogens with zero attached hydrogens (tertiary/aromatic N) is 6. The quantitative estimate of drug-likeness (QED) is 0.261. The Balaban J connectivity index is 1.67.